The highest BCUT2D eigenvalue weighted by molar-refractivity contribution is 8.76. The summed E-state index contributed by atoms with van der Waals surface area (Å²) in [5.74, 6) is -7.85. The summed E-state index contributed by atoms with van der Waals surface area (Å²) in [6, 6.07) is -5.14. The van der Waals surface area contributed by atoms with E-state index in [1.54, 1.807) is 0 Å². The van der Waals surface area contributed by atoms with Crippen molar-refractivity contribution in [2.45, 2.75) is 49.9 Å². The number of nitrogens with two attached hydrogens (primary N) is 2. The molecule has 0 aliphatic rings. The Balaban J connectivity index is 4.84. The second-order valence-corrected chi connectivity index (χ2v) is 9.78. The number of carboxylic acids is 4. The average molecular weight is 556 g/mol. The molecule has 16 nitrogen and oxygen atoms in total. The van der Waals surface area contributed by atoms with Gasteiger partial charge in [-0.15, -0.1) is 0 Å². The summed E-state index contributed by atoms with van der Waals surface area (Å²) in [7, 11) is 1.89. The second kappa shape index (κ2) is 17.4. The molecule has 4 atom stereocenters. The van der Waals surface area contributed by atoms with Crippen LogP contribution < -0.4 is 27.4 Å². The first kappa shape index (κ1) is 32.9. The Morgan fingerprint density at radius 1 is 0.667 bits per heavy atom. The zero-order valence-corrected chi connectivity index (χ0v) is 20.5. The minimum atomic E-state index is -1.36. The fourth-order valence-electron chi connectivity index (χ4n) is 2.23. The van der Waals surface area contributed by atoms with E-state index in [4.69, 9.17) is 26.8 Å². The Labute approximate surface area is 212 Å². The highest BCUT2D eigenvalue weighted by atomic mass is 33.1. The predicted molar refractivity (Wildman–Crippen MR) is 127 cm³/mol. The number of hydrogen-bond donors (Lipinski definition) is 9. The van der Waals surface area contributed by atoms with Crippen molar-refractivity contribution in [3.05, 3.63) is 0 Å². The van der Waals surface area contributed by atoms with Crippen molar-refractivity contribution < 1.29 is 54.0 Å². The van der Waals surface area contributed by atoms with Crippen LogP contribution in [0.25, 0.3) is 0 Å². The Morgan fingerprint density at radius 2 is 1.08 bits per heavy atom. The summed E-state index contributed by atoms with van der Waals surface area (Å²) in [4.78, 5) is 79.7. The molecule has 0 aromatic rings. The van der Waals surface area contributed by atoms with Crippen LogP contribution in [0.1, 0.15) is 25.7 Å². The molecule has 0 fully saturated rings. The third-order valence-corrected chi connectivity index (χ3v) is 6.67. The molecule has 0 aliphatic heterocycles. The van der Waals surface area contributed by atoms with Gasteiger partial charge in [-0.25, -0.2) is 4.79 Å². The topological polar surface area (TPSA) is 289 Å². The fourth-order valence-corrected chi connectivity index (χ4v) is 4.55. The van der Waals surface area contributed by atoms with Crippen LogP contribution in [-0.4, -0.2) is 104 Å². The molecule has 0 saturated heterocycles. The second-order valence-electron chi connectivity index (χ2n) is 7.23. The number of nitrogens with one attached hydrogen (secondary N) is 3. The van der Waals surface area contributed by atoms with Gasteiger partial charge in [-0.3, -0.25) is 28.8 Å². The lowest BCUT2D eigenvalue weighted by molar-refractivity contribution is -0.141. The molecule has 0 bridgehead atoms. The lowest BCUT2D eigenvalue weighted by Crippen LogP contribution is -2.49. The Kier molecular flexibility index (Phi) is 15.9. The number of amides is 3. The number of carbonyl (C=O) groups is 7. The SMILES string of the molecule is N[C@H](CCC(=O)N[C@@H](CSSC[C@@H](NC(=O)CC[C@@H](N)C(=O)O)C(=O)NCC(=O)O)C(=O)O)C(=O)O. The Hall–Kier alpha value is -3.09. The molecule has 0 aliphatic carbocycles. The van der Waals surface area contributed by atoms with E-state index in [1.165, 1.54) is 0 Å². The van der Waals surface area contributed by atoms with E-state index in [9.17, 15) is 38.7 Å². The zero-order valence-electron chi connectivity index (χ0n) is 18.9. The molecule has 11 N–H and O–H groups in total. The van der Waals surface area contributed by atoms with Gasteiger partial charge >= 0.3 is 23.9 Å². The molecule has 18 heteroatoms. The molecule has 0 aromatic carbocycles. The summed E-state index contributed by atoms with van der Waals surface area (Å²) in [5.41, 5.74) is 10.6. The molecule has 204 valence electrons. The maximum atomic E-state index is 12.3. The van der Waals surface area contributed by atoms with Gasteiger partial charge in [-0.2, -0.15) is 0 Å². The highest BCUT2D eigenvalue weighted by Gasteiger charge is 2.25. The maximum absolute atomic E-state index is 12.3. The number of rotatable bonds is 19. The third kappa shape index (κ3) is 15.0. The zero-order chi connectivity index (χ0) is 27.8. The largest absolute Gasteiger partial charge is 0.480 e. The smallest absolute Gasteiger partial charge is 0.327 e. The summed E-state index contributed by atoms with van der Waals surface area (Å²) in [6.45, 7) is -0.717. The van der Waals surface area contributed by atoms with Crippen LogP contribution in [0.3, 0.4) is 0 Å². The van der Waals surface area contributed by atoms with Gasteiger partial charge in [0.15, 0.2) is 0 Å². The molecular formula is C18H29N5O11S2. The molecule has 0 saturated carbocycles. The van der Waals surface area contributed by atoms with Crippen LogP contribution in [0.15, 0.2) is 0 Å². The van der Waals surface area contributed by atoms with E-state index in [-0.39, 0.29) is 37.2 Å². The number of hydrogen-bond acceptors (Lipinski definition) is 11. The number of carboxylic acid groups (broad SMARTS) is 4. The lowest BCUT2D eigenvalue weighted by atomic mass is 10.1. The van der Waals surface area contributed by atoms with E-state index < -0.39 is 72.3 Å². The first-order valence-electron chi connectivity index (χ1n) is 10.3. The van der Waals surface area contributed by atoms with Gasteiger partial charge in [0, 0.05) is 24.3 Å². The molecule has 0 aromatic heterocycles. The van der Waals surface area contributed by atoms with E-state index >= 15 is 0 Å². The van der Waals surface area contributed by atoms with Gasteiger partial charge in [-0.1, -0.05) is 21.6 Å². The number of aliphatic carboxylic acids is 4. The van der Waals surface area contributed by atoms with Crippen molar-refractivity contribution in [3.8, 4) is 0 Å². The monoisotopic (exact) mass is 555 g/mol. The number of carbonyl (C=O) groups excluding carboxylic acids is 3. The Bertz CT molecular complexity index is 829. The van der Waals surface area contributed by atoms with Crippen LogP contribution in [0.5, 0.6) is 0 Å². The van der Waals surface area contributed by atoms with Crippen molar-refractivity contribution >= 4 is 63.2 Å². The van der Waals surface area contributed by atoms with E-state index in [0.717, 1.165) is 21.6 Å². The molecular weight excluding hydrogens is 526 g/mol. The van der Waals surface area contributed by atoms with Gasteiger partial charge in [0.05, 0.1) is 0 Å². The fraction of sp³-hybridized carbons (Fsp3) is 0.611. The Morgan fingerprint density at radius 3 is 1.47 bits per heavy atom. The van der Waals surface area contributed by atoms with Crippen molar-refractivity contribution in [1.82, 2.24) is 16.0 Å². The van der Waals surface area contributed by atoms with E-state index in [0.29, 0.717) is 0 Å². The normalized spacial score (nSPS) is 13.9. The molecule has 3 amide bonds. The summed E-state index contributed by atoms with van der Waals surface area (Å²) in [5, 5.41) is 42.1. The average Bonchev–Trinajstić information content (AvgIpc) is 2.79. The van der Waals surface area contributed by atoms with Crippen LogP contribution in [0.4, 0.5) is 0 Å². The third-order valence-electron chi connectivity index (χ3n) is 4.25. The van der Waals surface area contributed by atoms with Crippen molar-refractivity contribution in [2.75, 3.05) is 18.1 Å². The molecule has 0 rings (SSSR count). The standard InChI is InChI=1S/C18H29N5O11S2/c19-8(16(29)30)1-3-12(24)22-10(15(28)21-5-14(26)27)6-35-36-7-11(18(33)34)23-13(25)4-2-9(20)17(31)32/h8-11H,1-7,19-20H2,(H,21,28)(H,22,24)(H,23,25)(H,26,27)(H,29,30)(H,31,32)(H,33,34)/t8-,9-,10-,11+/m1/s1. The van der Waals surface area contributed by atoms with E-state index in [2.05, 4.69) is 16.0 Å². The van der Waals surface area contributed by atoms with Crippen LogP contribution >= 0.6 is 21.6 Å². The van der Waals surface area contributed by atoms with Gasteiger partial charge in [0.1, 0.15) is 30.7 Å². The predicted octanol–water partition coefficient (Wildman–Crippen LogP) is -2.99. The van der Waals surface area contributed by atoms with Crippen LogP contribution in [-0.2, 0) is 33.6 Å². The maximum Gasteiger partial charge on any atom is 0.327 e. The van der Waals surface area contributed by atoms with Crippen LogP contribution in [0, 0.1) is 0 Å². The van der Waals surface area contributed by atoms with Crippen molar-refractivity contribution in [2.24, 2.45) is 11.5 Å². The minimum Gasteiger partial charge on any atom is -0.480 e. The molecule has 0 unspecified atom stereocenters. The first-order valence-corrected chi connectivity index (χ1v) is 12.8. The van der Waals surface area contributed by atoms with Crippen molar-refractivity contribution in [3.63, 3.8) is 0 Å². The first-order chi connectivity index (χ1) is 16.7. The van der Waals surface area contributed by atoms with Crippen molar-refractivity contribution in [1.29, 1.82) is 0 Å². The van der Waals surface area contributed by atoms with Crippen LogP contribution in [0.2, 0.25) is 0 Å². The van der Waals surface area contributed by atoms with Gasteiger partial charge in [0.2, 0.25) is 17.7 Å². The lowest BCUT2D eigenvalue weighted by Gasteiger charge is -2.19. The molecule has 0 radical (unpaired) electrons. The van der Waals surface area contributed by atoms with Gasteiger partial charge < -0.3 is 47.8 Å². The molecule has 0 spiro atoms. The quantitative estimate of drug-likeness (QED) is 0.0567. The molecule has 0 heterocycles. The van der Waals surface area contributed by atoms with Gasteiger partial charge in [0.25, 0.3) is 0 Å². The molecule has 36 heavy (non-hydrogen) atoms. The summed E-state index contributed by atoms with van der Waals surface area (Å²) >= 11 is 0. The summed E-state index contributed by atoms with van der Waals surface area (Å²) in [6.07, 6.45) is -1.02. The van der Waals surface area contributed by atoms with Gasteiger partial charge in [-0.05, 0) is 12.8 Å². The summed E-state index contributed by atoms with van der Waals surface area (Å²) < 4.78 is 0. The highest BCUT2D eigenvalue weighted by Crippen LogP contribution is 2.23. The minimum absolute atomic E-state index is 0.124. The van der Waals surface area contributed by atoms with E-state index in [1.807, 2.05) is 0 Å².